The fourth-order valence-electron chi connectivity index (χ4n) is 10.4. The van der Waals surface area contributed by atoms with Crippen LogP contribution in [-0.2, 0) is 0 Å². The van der Waals surface area contributed by atoms with Crippen LogP contribution in [0.5, 0.6) is 0 Å². The molecule has 0 saturated heterocycles. The second-order valence-corrected chi connectivity index (χ2v) is 17.0. The minimum atomic E-state index is 0.569. The minimum absolute atomic E-state index is 0.569. The van der Waals surface area contributed by atoms with Crippen LogP contribution in [0.4, 0.5) is 0 Å². The van der Waals surface area contributed by atoms with E-state index in [-0.39, 0.29) is 0 Å². The van der Waals surface area contributed by atoms with Crippen LogP contribution in [0.3, 0.4) is 0 Å². The summed E-state index contributed by atoms with van der Waals surface area (Å²) in [6.07, 6.45) is 0. The number of aromatic nitrogens is 3. The maximum atomic E-state index is 11.9. The lowest BCUT2D eigenvalue weighted by Gasteiger charge is -2.19. The molecule has 0 spiro atoms. The molecular weight excluding hydrogens is 801 g/mol. The van der Waals surface area contributed by atoms with Crippen molar-refractivity contribution < 1.29 is 0 Å². The van der Waals surface area contributed by atoms with Crippen molar-refractivity contribution in [1.29, 1.82) is 5.26 Å². The van der Waals surface area contributed by atoms with Crippen molar-refractivity contribution >= 4 is 43.6 Å². The van der Waals surface area contributed by atoms with Crippen LogP contribution >= 0.6 is 0 Å². The zero-order valence-corrected chi connectivity index (χ0v) is 36.6. The molecule has 0 amide bonds. The van der Waals surface area contributed by atoms with Gasteiger partial charge in [0.2, 0.25) is 0 Å². The molecule has 310 valence electrons. The average molecular weight is 843 g/mol. The monoisotopic (exact) mass is 842 g/mol. The van der Waals surface area contributed by atoms with Gasteiger partial charge in [0, 0.05) is 38.5 Å². The number of rotatable bonds is 7. The molecule has 9 aromatic carbocycles. The third-order valence-corrected chi connectivity index (χ3v) is 13.2. The first-order chi connectivity index (χ1) is 32.6. The van der Waals surface area contributed by atoms with E-state index in [0.717, 1.165) is 122 Å². The summed E-state index contributed by atoms with van der Waals surface area (Å²) in [6.45, 7) is 4.11. The average Bonchev–Trinajstić information content (AvgIpc) is 3.90. The highest BCUT2D eigenvalue weighted by Crippen LogP contribution is 2.47. The van der Waals surface area contributed by atoms with Gasteiger partial charge in [-0.15, -0.1) is 0 Å². The molecule has 3 heterocycles. The van der Waals surface area contributed by atoms with Gasteiger partial charge >= 0.3 is 0 Å². The lowest BCUT2D eigenvalue weighted by molar-refractivity contribution is 1.11. The molecule has 0 unspecified atom stereocenters. The van der Waals surface area contributed by atoms with Crippen LogP contribution in [-0.4, -0.2) is 14.1 Å². The Hall–Kier alpha value is -8.78. The Balaban J connectivity index is 1.27. The van der Waals surface area contributed by atoms with Crippen molar-refractivity contribution in [2.45, 2.75) is 13.8 Å². The Kier molecular flexibility index (Phi) is 9.29. The summed E-state index contributed by atoms with van der Waals surface area (Å²) in [5.41, 5.74) is 19.2. The Morgan fingerprint density at radius 1 is 0.348 bits per heavy atom. The van der Waals surface area contributed by atoms with Crippen molar-refractivity contribution in [1.82, 2.24) is 14.1 Å². The standard InChI is InChI=1S/C62H42N4/c1-40-35-36-47(41(2)64-40)46-37-57(65-53-31-15-27-48(42-19-7-3-8-20-42)59(53)60-49(28-16-32-54(60)65)43-21-9-4-10-22-43)52(39-63)58(38-46)66-55-33-17-29-50(44-23-11-5-12-24-44)61(55)62-51(30-18-34-56(62)66)45-25-13-6-14-26-45/h3-38H,1-2H3. The molecule has 0 fully saturated rings. The van der Waals surface area contributed by atoms with Gasteiger partial charge in [-0.05, 0) is 106 Å². The minimum Gasteiger partial charge on any atom is -0.308 e. The highest BCUT2D eigenvalue weighted by Gasteiger charge is 2.26. The van der Waals surface area contributed by atoms with Crippen LogP contribution in [0.1, 0.15) is 17.0 Å². The molecule has 12 aromatic rings. The van der Waals surface area contributed by atoms with E-state index in [9.17, 15) is 5.26 Å². The Morgan fingerprint density at radius 2 is 0.682 bits per heavy atom. The Morgan fingerprint density at radius 3 is 0.985 bits per heavy atom. The molecular formula is C62H42N4. The number of aryl methyl sites for hydroxylation is 2. The van der Waals surface area contributed by atoms with Crippen LogP contribution in [0.15, 0.2) is 218 Å². The molecule has 0 N–H and O–H groups in total. The fraction of sp³-hybridized carbons (Fsp3) is 0.0323. The molecule has 0 aliphatic rings. The van der Waals surface area contributed by atoms with E-state index < -0.39 is 0 Å². The molecule has 0 saturated carbocycles. The first-order valence-electron chi connectivity index (χ1n) is 22.4. The molecule has 0 atom stereocenters. The first kappa shape index (κ1) is 38.9. The van der Waals surface area contributed by atoms with Crippen molar-refractivity contribution in [3.63, 3.8) is 0 Å². The summed E-state index contributed by atoms with van der Waals surface area (Å²) in [4.78, 5) is 4.98. The van der Waals surface area contributed by atoms with Crippen molar-refractivity contribution in [3.8, 4) is 73.1 Å². The number of hydrogen-bond acceptors (Lipinski definition) is 2. The maximum absolute atomic E-state index is 11.9. The molecule has 3 aromatic heterocycles. The van der Waals surface area contributed by atoms with Crippen LogP contribution in [0, 0.1) is 25.2 Å². The van der Waals surface area contributed by atoms with Crippen molar-refractivity contribution in [2.75, 3.05) is 0 Å². The summed E-state index contributed by atoms with van der Waals surface area (Å²) in [5, 5.41) is 16.4. The van der Waals surface area contributed by atoms with Gasteiger partial charge in [-0.3, -0.25) is 4.98 Å². The normalized spacial score (nSPS) is 11.5. The van der Waals surface area contributed by atoms with E-state index in [1.807, 2.05) is 6.92 Å². The molecule has 12 rings (SSSR count). The van der Waals surface area contributed by atoms with E-state index >= 15 is 0 Å². The highest BCUT2D eigenvalue weighted by molar-refractivity contribution is 6.22. The van der Waals surface area contributed by atoms with E-state index in [4.69, 9.17) is 4.98 Å². The predicted octanol–water partition coefficient (Wildman–Crippen LogP) is 16.1. The topological polar surface area (TPSA) is 46.5 Å². The molecule has 0 aliphatic heterocycles. The Labute approximate surface area is 383 Å². The van der Waals surface area contributed by atoms with Gasteiger partial charge in [0.25, 0.3) is 0 Å². The van der Waals surface area contributed by atoms with Gasteiger partial charge in [-0.2, -0.15) is 5.26 Å². The Bertz CT molecular complexity index is 3460. The SMILES string of the molecule is Cc1ccc(-c2cc(-n3c4cccc(-c5ccccc5)c4c4c(-c5ccccc5)cccc43)c(C#N)c(-n3c4cccc(-c5ccccc5)c4c4c(-c5ccccc5)cccc43)c2)c(C)n1. The van der Waals surface area contributed by atoms with E-state index in [1.165, 1.54) is 0 Å². The number of hydrogen-bond donors (Lipinski definition) is 0. The molecule has 4 heteroatoms. The molecule has 66 heavy (non-hydrogen) atoms. The highest BCUT2D eigenvalue weighted by atomic mass is 15.0. The summed E-state index contributed by atoms with van der Waals surface area (Å²) in [7, 11) is 0. The molecule has 4 nitrogen and oxygen atoms in total. The molecule has 0 bridgehead atoms. The number of fused-ring (bicyclic) bond motifs is 6. The van der Waals surface area contributed by atoms with Crippen LogP contribution < -0.4 is 0 Å². The van der Waals surface area contributed by atoms with E-state index in [0.29, 0.717) is 5.56 Å². The number of benzene rings is 9. The van der Waals surface area contributed by atoms with Gasteiger partial charge in [0.05, 0.1) is 33.4 Å². The first-order valence-corrected chi connectivity index (χ1v) is 22.4. The molecule has 0 aliphatic carbocycles. The zero-order valence-electron chi connectivity index (χ0n) is 36.6. The quantitative estimate of drug-likeness (QED) is 0.160. The fourth-order valence-corrected chi connectivity index (χ4v) is 10.4. The lowest BCUT2D eigenvalue weighted by atomic mass is 9.95. The lowest BCUT2D eigenvalue weighted by Crippen LogP contribution is -2.06. The smallest absolute Gasteiger partial charge is 0.104 e. The van der Waals surface area contributed by atoms with Gasteiger partial charge in [0.15, 0.2) is 0 Å². The van der Waals surface area contributed by atoms with E-state index in [1.54, 1.807) is 0 Å². The maximum Gasteiger partial charge on any atom is 0.104 e. The van der Waals surface area contributed by atoms with Crippen LogP contribution in [0.25, 0.3) is 111 Å². The van der Waals surface area contributed by atoms with Gasteiger partial charge in [-0.25, -0.2) is 0 Å². The summed E-state index contributed by atoms with van der Waals surface area (Å²) < 4.78 is 4.68. The number of nitriles is 1. The third kappa shape index (κ3) is 6.17. The summed E-state index contributed by atoms with van der Waals surface area (Å²) >= 11 is 0. The molecule has 0 radical (unpaired) electrons. The third-order valence-electron chi connectivity index (χ3n) is 13.2. The van der Waals surface area contributed by atoms with Crippen LogP contribution in [0.2, 0.25) is 0 Å². The van der Waals surface area contributed by atoms with Crippen molar-refractivity contribution in [3.05, 3.63) is 235 Å². The zero-order chi connectivity index (χ0) is 44.3. The van der Waals surface area contributed by atoms with E-state index in [2.05, 4.69) is 241 Å². The van der Waals surface area contributed by atoms with Gasteiger partial charge < -0.3 is 9.13 Å². The predicted molar refractivity (Wildman–Crippen MR) is 274 cm³/mol. The summed E-state index contributed by atoms with van der Waals surface area (Å²) in [5.74, 6) is 0. The number of nitrogens with zero attached hydrogens (tertiary/aromatic N) is 4. The largest absolute Gasteiger partial charge is 0.308 e. The van der Waals surface area contributed by atoms with Gasteiger partial charge in [0.1, 0.15) is 11.6 Å². The summed E-state index contributed by atoms with van der Waals surface area (Å²) in [6, 6.07) is 80.4. The second kappa shape index (κ2) is 15.8. The second-order valence-electron chi connectivity index (χ2n) is 17.0. The van der Waals surface area contributed by atoms with Crippen molar-refractivity contribution in [2.24, 2.45) is 0 Å². The number of pyridine rings is 1. The van der Waals surface area contributed by atoms with Gasteiger partial charge in [-0.1, -0.05) is 176 Å².